The van der Waals surface area contributed by atoms with Gasteiger partial charge in [0, 0.05) is 13.6 Å². The Bertz CT molecular complexity index is 559. The monoisotopic (exact) mass is 296 g/mol. The lowest BCUT2D eigenvalue weighted by molar-refractivity contribution is 0.0737. The van der Waals surface area contributed by atoms with Gasteiger partial charge in [0.25, 0.3) is 0 Å². The standard InChI is InChI=1S/C14H20N2O3S/c1-12(2)19-11-10-16(3)20(17,18)14-6-4-13(5-7-14)8-9-15/h4-7,12H,8,10-11H2,1-3H3. The van der Waals surface area contributed by atoms with E-state index < -0.39 is 10.0 Å². The van der Waals surface area contributed by atoms with E-state index in [2.05, 4.69) is 0 Å². The van der Waals surface area contributed by atoms with Gasteiger partial charge in [-0.05, 0) is 31.5 Å². The maximum absolute atomic E-state index is 12.3. The van der Waals surface area contributed by atoms with Crippen molar-refractivity contribution in [3.05, 3.63) is 29.8 Å². The molecule has 20 heavy (non-hydrogen) atoms. The summed E-state index contributed by atoms with van der Waals surface area (Å²) < 4.78 is 31.2. The summed E-state index contributed by atoms with van der Waals surface area (Å²) in [7, 11) is -1.97. The molecule has 0 saturated carbocycles. The lowest BCUT2D eigenvalue weighted by atomic mass is 10.2. The summed E-state index contributed by atoms with van der Waals surface area (Å²) in [6, 6.07) is 8.41. The fraction of sp³-hybridized carbons (Fsp3) is 0.500. The number of likely N-dealkylation sites (N-methyl/N-ethyl adjacent to an activating group) is 1. The topological polar surface area (TPSA) is 70.4 Å². The van der Waals surface area contributed by atoms with Crippen LogP contribution in [0.15, 0.2) is 29.2 Å². The van der Waals surface area contributed by atoms with E-state index in [1.165, 1.54) is 23.5 Å². The number of rotatable bonds is 7. The van der Waals surface area contributed by atoms with Crippen LogP contribution in [0.1, 0.15) is 19.4 Å². The highest BCUT2D eigenvalue weighted by molar-refractivity contribution is 7.89. The molecule has 0 radical (unpaired) electrons. The maximum atomic E-state index is 12.3. The van der Waals surface area contributed by atoms with Gasteiger partial charge in [0.2, 0.25) is 10.0 Å². The maximum Gasteiger partial charge on any atom is 0.242 e. The van der Waals surface area contributed by atoms with Crippen molar-refractivity contribution in [2.45, 2.75) is 31.3 Å². The van der Waals surface area contributed by atoms with Crippen molar-refractivity contribution in [3.63, 3.8) is 0 Å². The second kappa shape index (κ2) is 7.39. The third-order valence-corrected chi connectivity index (χ3v) is 4.64. The first-order valence-electron chi connectivity index (χ1n) is 6.41. The van der Waals surface area contributed by atoms with Gasteiger partial charge in [-0.15, -0.1) is 0 Å². The largest absolute Gasteiger partial charge is 0.377 e. The van der Waals surface area contributed by atoms with E-state index in [1.54, 1.807) is 12.1 Å². The third kappa shape index (κ3) is 4.60. The molecule has 0 heterocycles. The van der Waals surface area contributed by atoms with Gasteiger partial charge in [-0.1, -0.05) is 12.1 Å². The summed E-state index contributed by atoms with van der Waals surface area (Å²) in [6.45, 7) is 4.48. The molecule has 6 heteroatoms. The summed E-state index contributed by atoms with van der Waals surface area (Å²) in [6.07, 6.45) is 0.356. The fourth-order valence-electron chi connectivity index (χ4n) is 1.59. The molecular weight excluding hydrogens is 276 g/mol. The summed E-state index contributed by atoms with van der Waals surface area (Å²) in [5.41, 5.74) is 0.803. The molecule has 110 valence electrons. The van der Waals surface area contributed by atoms with Gasteiger partial charge in [0.1, 0.15) is 0 Å². The summed E-state index contributed by atoms with van der Waals surface area (Å²) in [5, 5.41) is 8.59. The first-order chi connectivity index (χ1) is 9.37. The van der Waals surface area contributed by atoms with Crippen LogP contribution in [-0.2, 0) is 21.2 Å². The molecular formula is C14H20N2O3S. The van der Waals surface area contributed by atoms with E-state index in [-0.39, 0.29) is 17.4 Å². The number of nitrogens with zero attached hydrogens (tertiary/aromatic N) is 2. The second-order valence-electron chi connectivity index (χ2n) is 4.72. The molecule has 0 aliphatic rings. The Labute approximate surface area is 120 Å². The van der Waals surface area contributed by atoms with Crippen molar-refractivity contribution in [3.8, 4) is 6.07 Å². The highest BCUT2D eigenvalue weighted by atomic mass is 32.2. The minimum atomic E-state index is -3.50. The van der Waals surface area contributed by atoms with E-state index in [1.807, 2.05) is 19.9 Å². The van der Waals surface area contributed by atoms with Gasteiger partial charge < -0.3 is 4.74 Å². The Balaban J connectivity index is 2.74. The zero-order valence-electron chi connectivity index (χ0n) is 12.0. The van der Waals surface area contributed by atoms with E-state index in [0.717, 1.165) is 5.56 Å². The lowest BCUT2D eigenvalue weighted by Gasteiger charge is -2.18. The Morgan fingerprint density at radius 3 is 2.40 bits per heavy atom. The van der Waals surface area contributed by atoms with Crippen molar-refractivity contribution in [2.75, 3.05) is 20.2 Å². The molecule has 1 rings (SSSR count). The molecule has 5 nitrogen and oxygen atoms in total. The van der Waals surface area contributed by atoms with Gasteiger partial charge in [0.05, 0.1) is 30.1 Å². The first-order valence-corrected chi connectivity index (χ1v) is 7.85. The van der Waals surface area contributed by atoms with E-state index in [4.69, 9.17) is 10.00 Å². The Hall–Kier alpha value is -1.42. The number of benzene rings is 1. The molecule has 1 aromatic rings. The Morgan fingerprint density at radius 1 is 1.30 bits per heavy atom. The van der Waals surface area contributed by atoms with Crippen LogP contribution in [0.4, 0.5) is 0 Å². The normalized spacial score (nSPS) is 11.8. The zero-order valence-corrected chi connectivity index (χ0v) is 12.9. The predicted octanol–water partition coefficient (Wildman–Crippen LogP) is 1.80. The predicted molar refractivity (Wildman–Crippen MR) is 76.7 cm³/mol. The van der Waals surface area contributed by atoms with Crippen molar-refractivity contribution < 1.29 is 13.2 Å². The Kier molecular flexibility index (Phi) is 6.14. The molecule has 0 fully saturated rings. The molecule has 1 aromatic carbocycles. The van der Waals surface area contributed by atoms with Gasteiger partial charge in [0.15, 0.2) is 0 Å². The van der Waals surface area contributed by atoms with Crippen molar-refractivity contribution in [1.29, 1.82) is 5.26 Å². The van der Waals surface area contributed by atoms with Gasteiger partial charge >= 0.3 is 0 Å². The molecule has 0 unspecified atom stereocenters. The summed E-state index contributed by atoms with van der Waals surface area (Å²) >= 11 is 0. The number of sulfonamides is 1. The SMILES string of the molecule is CC(C)OCCN(C)S(=O)(=O)c1ccc(CC#N)cc1. The summed E-state index contributed by atoms with van der Waals surface area (Å²) in [4.78, 5) is 0.228. The molecule has 0 atom stereocenters. The highest BCUT2D eigenvalue weighted by Gasteiger charge is 2.20. The quantitative estimate of drug-likeness (QED) is 0.769. The van der Waals surface area contributed by atoms with Crippen LogP contribution in [0.2, 0.25) is 0 Å². The van der Waals surface area contributed by atoms with Crippen LogP contribution in [0.5, 0.6) is 0 Å². The molecule has 0 spiro atoms. The fourth-order valence-corrected chi connectivity index (χ4v) is 2.74. The number of nitriles is 1. The smallest absolute Gasteiger partial charge is 0.242 e. The van der Waals surface area contributed by atoms with Crippen LogP contribution in [0, 0.1) is 11.3 Å². The van der Waals surface area contributed by atoms with Crippen molar-refractivity contribution in [2.24, 2.45) is 0 Å². The molecule has 0 saturated heterocycles. The van der Waals surface area contributed by atoms with Gasteiger partial charge in [-0.25, -0.2) is 8.42 Å². The van der Waals surface area contributed by atoms with Gasteiger partial charge in [-0.3, -0.25) is 0 Å². The van der Waals surface area contributed by atoms with Gasteiger partial charge in [-0.2, -0.15) is 9.57 Å². The average Bonchev–Trinajstić information content (AvgIpc) is 2.39. The molecule has 0 aromatic heterocycles. The van der Waals surface area contributed by atoms with E-state index >= 15 is 0 Å². The minimum absolute atomic E-state index is 0.0800. The minimum Gasteiger partial charge on any atom is -0.377 e. The van der Waals surface area contributed by atoms with Crippen LogP contribution in [0.25, 0.3) is 0 Å². The number of hydrogen-bond donors (Lipinski definition) is 0. The Morgan fingerprint density at radius 2 is 1.90 bits per heavy atom. The van der Waals surface area contributed by atoms with Crippen LogP contribution >= 0.6 is 0 Å². The lowest BCUT2D eigenvalue weighted by Crippen LogP contribution is -2.30. The first kappa shape index (κ1) is 16.6. The zero-order chi connectivity index (χ0) is 15.2. The number of hydrogen-bond acceptors (Lipinski definition) is 4. The van der Waals surface area contributed by atoms with Crippen LogP contribution in [-0.4, -0.2) is 39.0 Å². The van der Waals surface area contributed by atoms with E-state index in [0.29, 0.717) is 13.2 Å². The third-order valence-electron chi connectivity index (χ3n) is 2.77. The average molecular weight is 296 g/mol. The highest BCUT2D eigenvalue weighted by Crippen LogP contribution is 2.15. The summed E-state index contributed by atoms with van der Waals surface area (Å²) in [5.74, 6) is 0. The molecule has 0 amide bonds. The molecule has 0 aliphatic heterocycles. The van der Waals surface area contributed by atoms with Crippen LogP contribution < -0.4 is 0 Å². The number of ether oxygens (including phenoxy) is 1. The molecule has 0 aliphatic carbocycles. The second-order valence-corrected chi connectivity index (χ2v) is 6.77. The molecule has 0 bridgehead atoms. The van der Waals surface area contributed by atoms with Crippen molar-refractivity contribution in [1.82, 2.24) is 4.31 Å². The van der Waals surface area contributed by atoms with E-state index in [9.17, 15) is 8.42 Å². The molecule has 0 N–H and O–H groups in total. The van der Waals surface area contributed by atoms with Crippen LogP contribution in [0.3, 0.4) is 0 Å². The van der Waals surface area contributed by atoms with Crippen molar-refractivity contribution >= 4 is 10.0 Å².